The number of benzene rings is 1. The Labute approximate surface area is 100 Å². The molecule has 0 heterocycles. The molecule has 0 aliphatic carbocycles. The Morgan fingerprint density at radius 3 is 2.29 bits per heavy atom. The van der Waals surface area contributed by atoms with Crippen LogP contribution in [0.2, 0.25) is 0 Å². The molecule has 0 bridgehead atoms. The van der Waals surface area contributed by atoms with Crippen molar-refractivity contribution in [3.8, 4) is 0 Å². The molecule has 17 heavy (non-hydrogen) atoms. The number of nitrogens with zero attached hydrogens (tertiary/aromatic N) is 1. The van der Waals surface area contributed by atoms with Gasteiger partial charge in [-0.2, -0.15) is 13.2 Å². The van der Waals surface area contributed by atoms with E-state index in [-0.39, 0.29) is 10.5 Å². The Kier molecular flexibility index (Phi) is 3.41. The van der Waals surface area contributed by atoms with Crippen molar-refractivity contribution < 1.29 is 28.0 Å². The Hall–Kier alpha value is -1.64. The second-order valence-corrected chi connectivity index (χ2v) is 3.76. The summed E-state index contributed by atoms with van der Waals surface area (Å²) < 4.78 is 37.1. The average Bonchev–Trinajstić information content (AvgIpc) is 2.14. The van der Waals surface area contributed by atoms with E-state index in [1.165, 1.54) is 0 Å². The normalized spacial score (nSPS) is 11.3. The van der Waals surface area contributed by atoms with Crippen LogP contribution in [0.5, 0.6) is 0 Å². The first-order valence-corrected chi connectivity index (χ1v) is 4.72. The summed E-state index contributed by atoms with van der Waals surface area (Å²) in [6, 6.07) is 0.747. The summed E-state index contributed by atoms with van der Waals surface area (Å²) in [7, 11) is 0. The van der Waals surface area contributed by atoms with Gasteiger partial charge in [-0.1, -0.05) is 0 Å². The molecular weight excluding hydrogens is 311 g/mol. The van der Waals surface area contributed by atoms with Gasteiger partial charge >= 0.3 is 12.1 Å². The standard InChI is InChI=1S/C8H3BrF3NO4/c9-5-2-6(13(16)17)4(8(10,11)12)1-3(5)7(14)15/h1-2H,(H,14,15). The first-order chi connectivity index (χ1) is 7.64. The van der Waals surface area contributed by atoms with Crippen LogP contribution >= 0.6 is 15.9 Å². The van der Waals surface area contributed by atoms with Crippen LogP contribution in [-0.4, -0.2) is 16.0 Å². The van der Waals surface area contributed by atoms with E-state index >= 15 is 0 Å². The zero-order valence-corrected chi connectivity index (χ0v) is 9.37. The molecule has 1 aromatic carbocycles. The van der Waals surface area contributed by atoms with Crippen LogP contribution in [0.1, 0.15) is 15.9 Å². The van der Waals surface area contributed by atoms with Gasteiger partial charge in [0.25, 0.3) is 5.69 Å². The van der Waals surface area contributed by atoms with Crippen LogP contribution in [0, 0.1) is 10.1 Å². The molecule has 0 aliphatic rings. The molecule has 0 fully saturated rings. The fourth-order valence-corrected chi connectivity index (χ4v) is 1.61. The maximum atomic E-state index is 12.5. The van der Waals surface area contributed by atoms with Gasteiger partial charge in [-0.25, -0.2) is 4.79 Å². The second-order valence-electron chi connectivity index (χ2n) is 2.91. The number of halogens is 4. The van der Waals surface area contributed by atoms with Gasteiger partial charge < -0.3 is 5.11 Å². The van der Waals surface area contributed by atoms with Crippen molar-refractivity contribution in [2.45, 2.75) is 6.18 Å². The number of carboxylic acids is 1. The molecule has 5 nitrogen and oxygen atoms in total. The Bertz CT molecular complexity index is 500. The predicted octanol–water partition coefficient (Wildman–Crippen LogP) is 3.07. The zero-order valence-electron chi connectivity index (χ0n) is 7.79. The lowest BCUT2D eigenvalue weighted by Gasteiger charge is -2.09. The highest BCUT2D eigenvalue weighted by molar-refractivity contribution is 9.10. The third kappa shape index (κ3) is 2.73. The quantitative estimate of drug-likeness (QED) is 0.672. The fraction of sp³-hybridized carbons (Fsp3) is 0.125. The highest BCUT2D eigenvalue weighted by Crippen LogP contribution is 2.38. The van der Waals surface area contributed by atoms with Gasteiger partial charge in [-0.3, -0.25) is 10.1 Å². The maximum Gasteiger partial charge on any atom is 0.423 e. The highest BCUT2D eigenvalue weighted by atomic mass is 79.9. The summed E-state index contributed by atoms with van der Waals surface area (Å²) in [4.78, 5) is 19.8. The third-order valence-electron chi connectivity index (χ3n) is 1.82. The molecule has 1 N–H and O–H groups in total. The molecule has 0 aromatic heterocycles. The van der Waals surface area contributed by atoms with E-state index < -0.39 is 33.9 Å². The minimum absolute atomic E-state index is 0.227. The molecule has 0 saturated carbocycles. The molecule has 0 saturated heterocycles. The van der Waals surface area contributed by atoms with Crippen molar-refractivity contribution in [1.29, 1.82) is 0 Å². The molecule has 1 aromatic rings. The molecule has 0 amide bonds. The van der Waals surface area contributed by atoms with E-state index in [0.717, 1.165) is 0 Å². The molecule has 9 heteroatoms. The highest BCUT2D eigenvalue weighted by Gasteiger charge is 2.39. The van der Waals surface area contributed by atoms with Gasteiger partial charge in [0.2, 0.25) is 0 Å². The van der Waals surface area contributed by atoms with Gasteiger partial charge in [-0.05, 0) is 22.0 Å². The molecule has 0 atom stereocenters. The first-order valence-electron chi connectivity index (χ1n) is 3.93. The zero-order chi connectivity index (χ0) is 13.4. The third-order valence-corrected chi connectivity index (χ3v) is 2.47. The minimum atomic E-state index is -4.99. The number of aromatic carboxylic acids is 1. The van der Waals surface area contributed by atoms with Gasteiger partial charge in [0.15, 0.2) is 0 Å². The SMILES string of the molecule is O=C(O)c1cc(C(F)(F)F)c([N+](=O)[O-])cc1Br. The average molecular weight is 314 g/mol. The molecule has 0 unspecified atom stereocenters. The largest absolute Gasteiger partial charge is 0.478 e. The Morgan fingerprint density at radius 2 is 1.94 bits per heavy atom. The van der Waals surface area contributed by atoms with Crippen LogP contribution in [0.25, 0.3) is 0 Å². The summed E-state index contributed by atoms with van der Waals surface area (Å²) in [5, 5.41) is 19.1. The Balaban J connectivity index is 3.60. The van der Waals surface area contributed by atoms with E-state index in [0.29, 0.717) is 6.07 Å². The maximum absolute atomic E-state index is 12.5. The lowest BCUT2D eigenvalue weighted by molar-refractivity contribution is -0.388. The van der Waals surface area contributed by atoms with Crippen LogP contribution < -0.4 is 0 Å². The molecule has 0 radical (unpaired) electrons. The van der Waals surface area contributed by atoms with Crippen LogP contribution in [0.15, 0.2) is 16.6 Å². The van der Waals surface area contributed by atoms with E-state index in [1.54, 1.807) is 0 Å². The monoisotopic (exact) mass is 313 g/mol. The summed E-state index contributed by atoms with van der Waals surface area (Å²) in [6.07, 6.45) is -4.99. The van der Waals surface area contributed by atoms with Crippen molar-refractivity contribution >= 4 is 27.6 Å². The van der Waals surface area contributed by atoms with Crippen molar-refractivity contribution in [2.24, 2.45) is 0 Å². The fourth-order valence-electron chi connectivity index (χ4n) is 1.10. The smallest absolute Gasteiger partial charge is 0.423 e. The van der Waals surface area contributed by atoms with E-state index in [9.17, 15) is 28.1 Å². The first kappa shape index (κ1) is 13.4. The van der Waals surface area contributed by atoms with Crippen molar-refractivity contribution in [2.75, 3.05) is 0 Å². The van der Waals surface area contributed by atoms with Crippen LogP contribution in [-0.2, 0) is 6.18 Å². The number of carbonyl (C=O) groups is 1. The second kappa shape index (κ2) is 4.32. The molecular formula is C8H3BrF3NO4. The van der Waals surface area contributed by atoms with E-state index in [4.69, 9.17) is 5.11 Å². The van der Waals surface area contributed by atoms with Gasteiger partial charge in [0.05, 0.1) is 10.5 Å². The lowest BCUT2D eigenvalue weighted by Crippen LogP contribution is -2.11. The molecule has 1 rings (SSSR count). The summed E-state index contributed by atoms with van der Waals surface area (Å²) >= 11 is 2.66. The van der Waals surface area contributed by atoms with E-state index in [1.807, 2.05) is 0 Å². The lowest BCUT2D eigenvalue weighted by atomic mass is 10.1. The van der Waals surface area contributed by atoms with E-state index in [2.05, 4.69) is 15.9 Å². The minimum Gasteiger partial charge on any atom is -0.478 e. The van der Waals surface area contributed by atoms with Crippen molar-refractivity contribution in [3.05, 3.63) is 37.8 Å². The Morgan fingerprint density at radius 1 is 1.41 bits per heavy atom. The number of hydrogen-bond acceptors (Lipinski definition) is 3. The van der Waals surface area contributed by atoms with Gasteiger partial charge in [0.1, 0.15) is 5.56 Å². The summed E-state index contributed by atoms with van der Waals surface area (Å²) in [5.74, 6) is -1.61. The molecule has 0 aliphatic heterocycles. The van der Waals surface area contributed by atoms with Crippen molar-refractivity contribution in [1.82, 2.24) is 0 Å². The number of hydrogen-bond donors (Lipinski definition) is 1. The summed E-state index contributed by atoms with van der Waals surface area (Å²) in [5.41, 5.74) is -3.49. The number of nitro groups is 1. The topological polar surface area (TPSA) is 80.4 Å². The number of nitro benzene ring substituents is 1. The van der Waals surface area contributed by atoms with Crippen molar-refractivity contribution in [3.63, 3.8) is 0 Å². The predicted molar refractivity (Wildman–Crippen MR) is 52.8 cm³/mol. The molecule has 0 spiro atoms. The number of alkyl halides is 3. The summed E-state index contributed by atoms with van der Waals surface area (Å²) in [6.45, 7) is 0. The van der Waals surface area contributed by atoms with Gasteiger partial charge in [0, 0.05) is 10.5 Å². The molecule has 92 valence electrons. The van der Waals surface area contributed by atoms with Crippen LogP contribution in [0.3, 0.4) is 0 Å². The van der Waals surface area contributed by atoms with Crippen LogP contribution in [0.4, 0.5) is 18.9 Å². The van der Waals surface area contributed by atoms with Gasteiger partial charge in [-0.15, -0.1) is 0 Å². The number of rotatable bonds is 2. The number of carboxylic acid groups (broad SMARTS) is 1.